The Morgan fingerprint density at radius 2 is 1.43 bits per heavy atom. The highest BCUT2D eigenvalue weighted by molar-refractivity contribution is 6.06. The largest absolute Gasteiger partial charge is 0.490 e. The Hall–Kier alpha value is -3.74. The molecule has 196 valence electrons. The van der Waals surface area contributed by atoms with Crippen LogP contribution in [0.3, 0.4) is 0 Å². The van der Waals surface area contributed by atoms with Crippen LogP contribution in [0.5, 0.6) is 5.75 Å². The highest BCUT2D eigenvalue weighted by Crippen LogP contribution is 2.23. The van der Waals surface area contributed by atoms with Crippen LogP contribution in [-0.2, 0) is 4.74 Å². The predicted octanol–water partition coefficient (Wildman–Crippen LogP) is 7.46. The average Bonchev–Trinajstić information content (AvgIpc) is 2.93. The summed E-state index contributed by atoms with van der Waals surface area (Å²) in [5.41, 5.74) is 3.07. The summed E-state index contributed by atoms with van der Waals surface area (Å²) >= 11 is 0. The number of benzene rings is 2. The van der Waals surface area contributed by atoms with Crippen molar-refractivity contribution in [3.8, 4) is 16.9 Å². The number of hydrogen-bond donors (Lipinski definition) is 1. The fraction of sp³-hybridized carbons (Fsp3) is 0.400. The van der Waals surface area contributed by atoms with Crippen LogP contribution < -0.4 is 10.1 Å². The van der Waals surface area contributed by atoms with Crippen LogP contribution in [0.25, 0.3) is 11.1 Å². The van der Waals surface area contributed by atoms with Crippen molar-refractivity contribution in [2.24, 2.45) is 0 Å². The summed E-state index contributed by atoms with van der Waals surface area (Å²) in [6.07, 6.45) is 10.5. The van der Waals surface area contributed by atoms with Crippen molar-refractivity contribution >= 4 is 17.6 Å². The summed E-state index contributed by atoms with van der Waals surface area (Å²) in [4.78, 5) is 33.1. The molecule has 0 bridgehead atoms. The number of unbranched alkanes of at least 4 members (excludes halogenated alkanes) is 5. The monoisotopic (exact) mass is 503 g/mol. The van der Waals surface area contributed by atoms with Crippen molar-refractivity contribution in [2.75, 3.05) is 11.9 Å². The molecule has 0 saturated heterocycles. The van der Waals surface area contributed by atoms with Crippen LogP contribution in [0.1, 0.15) is 81.9 Å². The van der Waals surface area contributed by atoms with E-state index in [-0.39, 0.29) is 17.7 Å². The number of amides is 1. The fourth-order valence-corrected chi connectivity index (χ4v) is 3.68. The van der Waals surface area contributed by atoms with E-state index in [1.165, 1.54) is 25.7 Å². The summed E-state index contributed by atoms with van der Waals surface area (Å²) in [5.74, 6) is 0.472. The van der Waals surface area contributed by atoms with Crippen LogP contribution >= 0.6 is 0 Å². The standard InChI is InChI=1S/C30H37N3O4/c1-4-6-7-8-9-10-19-36-27-20-31-29(32-21-27)28(34)25-13-11-23(12-14-25)24-15-17-26(18-16-24)33-30(35)37-22(3)5-2/h11-18,20-22H,4-10,19H2,1-3H3,(H,33,35). The molecule has 0 saturated carbocycles. The van der Waals surface area contributed by atoms with E-state index in [0.717, 1.165) is 30.4 Å². The van der Waals surface area contributed by atoms with Gasteiger partial charge in [-0.1, -0.05) is 82.3 Å². The van der Waals surface area contributed by atoms with E-state index in [2.05, 4.69) is 22.2 Å². The minimum Gasteiger partial charge on any atom is -0.490 e. The molecule has 1 unspecified atom stereocenters. The van der Waals surface area contributed by atoms with Crippen molar-refractivity contribution in [1.82, 2.24) is 9.97 Å². The lowest BCUT2D eigenvalue weighted by atomic mass is 10.0. The average molecular weight is 504 g/mol. The zero-order chi connectivity index (χ0) is 26.5. The van der Waals surface area contributed by atoms with Crippen molar-refractivity contribution in [1.29, 1.82) is 0 Å². The fourth-order valence-electron chi connectivity index (χ4n) is 3.68. The van der Waals surface area contributed by atoms with Crippen LogP contribution in [0, 0.1) is 0 Å². The van der Waals surface area contributed by atoms with E-state index in [4.69, 9.17) is 9.47 Å². The Bertz CT molecular complexity index is 1110. The molecule has 1 atom stereocenters. The zero-order valence-electron chi connectivity index (χ0n) is 22.0. The Balaban J connectivity index is 1.51. The maximum atomic E-state index is 12.8. The third-order valence-electron chi connectivity index (χ3n) is 6.09. The SMILES string of the molecule is CCCCCCCCOc1cnc(C(=O)c2ccc(-c3ccc(NC(=O)OC(C)CC)cc3)cc2)nc1. The summed E-state index contributed by atoms with van der Waals surface area (Å²) in [6.45, 7) is 6.65. The molecule has 0 aliphatic heterocycles. The van der Waals surface area contributed by atoms with Gasteiger partial charge in [0.15, 0.2) is 5.75 Å². The summed E-state index contributed by atoms with van der Waals surface area (Å²) in [7, 11) is 0. The second kappa shape index (κ2) is 14.7. The lowest BCUT2D eigenvalue weighted by molar-refractivity contribution is 0.102. The minimum atomic E-state index is -0.468. The maximum absolute atomic E-state index is 12.8. The van der Waals surface area contributed by atoms with Crippen molar-refractivity contribution < 1.29 is 19.1 Å². The van der Waals surface area contributed by atoms with Gasteiger partial charge in [-0.15, -0.1) is 0 Å². The van der Waals surface area contributed by atoms with Crippen molar-refractivity contribution in [2.45, 2.75) is 71.8 Å². The number of ketones is 1. The second-order valence-corrected chi connectivity index (χ2v) is 9.09. The van der Waals surface area contributed by atoms with Gasteiger partial charge in [-0.05, 0) is 43.0 Å². The molecule has 1 amide bonds. The van der Waals surface area contributed by atoms with Crippen LogP contribution in [-0.4, -0.2) is 34.6 Å². The van der Waals surface area contributed by atoms with E-state index < -0.39 is 6.09 Å². The van der Waals surface area contributed by atoms with Crippen molar-refractivity contribution in [3.63, 3.8) is 0 Å². The minimum absolute atomic E-state index is 0.132. The van der Waals surface area contributed by atoms with Crippen molar-refractivity contribution in [3.05, 3.63) is 72.3 Å². The molecule has 7 nitrogen and oxygen atoms in total. The van der Waals surface area contributed by atoms with Gasteiger partial charge in [0.2, 0.25) is 11.6 Å². The second-order valence-electron chi connectivity index (χ2n) is 9.09. The summed E-state index contributed by atoms with van der Waals surface area (Å²) < 4.78 is 10.9. The van der Waals surface area contributed by atoms with Crippen LogP contribution in [0.4, 0.5) is 10.5 Å². The first-order chi connectivity index (χ1) is 18.0. The molecule has 0 aliphatic rings. The Morgan fingerprint density at radius 3 is 2.05 bits per heavy atom. The molecule has 1 aromatic heterocycles. The number of carbonyl (C=O) groups is 2. The molecular weight excluding hydrogens is 466 g/mol. The number of nitrogens with zero attached hydrogens (tertiary/aromatic N) is 2. The molecular formula is C30H37N3O4. The smallest absolute Gasteiger partial charge is 0.411 e. The first-order valence-electron chi connectivity index (χ1n) is 13.2. The van der Waals surface area contributed by atoms with E-state index in [9.17, 15) is 9.59 Å². The molecule has 0 radical (unpaired) electrons. The molecule has 3 rings (SSSR count). The number of carbonyl (C=O) groups excluding carboxylic acids is 2. The van der Waals surface area contributed by atoms with Gasteiger partial charge >= 0.3 is 6.09 Å². The first kappa shape index (κ1) is 27.8. The van der Waals surface area contributed by atoms with E-state index >= 15 is 0 Å². The normalized spacial score (nSPS) is 11.5. The Labute approximate surface area is 219 Å². The highest BCUT2D eigenvalue weighted by atomic mass is 16.6. The summed E-state index contributed by atoms with van der Waals surface area (Å²) in [5, 5.41) is 2.73. The summed E-state index contributed by atoms with van der Waals surface area (Å²) in [6, 6.07) is 14.7. The van der Waals surface area contributed by atoms with Gasteiger partial charge in [0.1, 0.15) is 6.10 Å². The third kappa shape index (κ3) is 9.01. The molecule has 0 fully saturated rings. The quantitative estimate of drug-likeness (QED) is 0.181. The number of ether oxygens (including phenoxy) is 2. The van der Waals surface area contributed by atoms with Gasteiger partial charge in [0, 0.05) is 11.3 Å². The van der Waals surface area contributed by atoms with Gasteiger partial charge in [-0.25, -0.2) is 14.8 Å². The molecule has 7 heteroatoms. The van der Waals surface area contributed by atoms with Gasteiger partial charge in [0.25, 0.3) is 0 Å². The Kier molecular flexibility index (Phi) is 11.1. The molecule has 2 aromatic carbocycles. The molecule has 37 heavy (non-hydrogen) atoms. The molecule has 3 aromatic rings. The van der Waals surface area contributed by atoms with Crippen LogP contribution in [0.15, 0.2) is 60.9 Å². The lowest BCUT2D eigenvalue weighted by Crippen LogP contribution is -2.19. The number of anilines is 1. The van der Waals surface area contributed by atoms with Gasteiger partial charge < -0.3 is 9.47 Å². The lowest BCUT2D eigenvalue weighted by Gasteiger charge is -2.12. The molecule has 0 spiro atoms. The van der Waals surface area contributed by atoms with Gasteiger partial charge in [0.05, 0.1) is 19.0 Å². The molecule has 1 heterocycles. The van der Waals surface area contributed by atoms with Crippen LogP contribution in [0.2, 0.25) is 0 Å². The number of nitrogens with one attached hydrogen (secondary N) is 1. The van der Waals surface area contributed by atoms with E-state index in [0.29, 0.717) is 23.6 Å². The topological polar surface area (TPSA) is 90.4 Å². The van der Waals surface area contributed by atoms with Gasteiger partial charge in [-0.2, -0.15) is 0 Å². The van der Waals surface area contributed by atoms with Gasteiger partial charge in [-0.3, -0.25) is 10.1 Å². The maximum Gasteiger partial charge on any atom is 0.411 e. The Morgan fingerprint density at radius 1 is 0.838 bits per heavy atom. The number of hydrogen-bond acceptors (Lipinski definition) is 6. The first-order valence-corrected chi connectivity index (χ1v) is 13.2. The molecule has 0 aliphatic carbocycles. The predicted molar refractivity (Wildman–Crippen MR) is 146 cm³/mol. The van der Waals surface area contributed by atoms with E-state index in [1.54, 1.807) is 24.5 Å². The highest BCUT2D eigenvalue weighted by Gasteiger charge is 2.13. The zero-order valence-corrected chi connectivity index (χ0v) is 22.0. The number of aromatic nitrogens is 2. The number of rotatable bonds is 14. The third-order valence-corrected chi connectivity index (χ3v) is 6.09. The van der Waals surface area contributed by atoms with E-state index in [1.807, 2.05) is 50.2 Å². The molecule has 1 N–H and O–H groups in total.